The summed E-state index contributed by atoms with van der Waals surface area (Å²) < 4.78 is 21.8. The topological polar surface area (TPSA) is 37.4 Å². The lowest BCUT2D eigenvalue weighted by Crippen LogP contribution is -2.18. The Morgan fingerprint density at radius 1 is 1.23 bits per heavy atom. The Morgan fingerprint density at radius 3 is 2.23 bits per heavy atom. The average Bonchev–Trinajstić information content (AvgIpc) is 2.03. The van der Waals surface area contributed by atoms with Gasteiger partial charge in [-0.1, -0.05) is 18.2 Å². The molecular formula is C9H12NO2S. The molecule has 1 aromatic rings. The molecule has 13 heavy (non-hydrogen) atoms. The van der Waals surface area contributed by atoms with Crippen molar-refractivity contribution in [3.8, 4) is 0 Å². The van der Waals surface area contributed by atoms with Crippen LogP contribution in [0.4, 0.5) is 5.69 Å². The van der Waals surface area contributed by atoms with E-state index < -0.39 is 9.84 Å². The molecule has 0 spiro atoms. The number of anilines is 1. The minimum atomic E-state index is -3.07. The van der Waals surface area contributed by atoms with Crippen LogP contribution in [0.3, 0.4) is 0 Å². The van der Waals surface area contributed by atoms with E-state index in [2.05, 4.69) is 0 Å². The highest BCUT2D eigenvalue weighted by Gasteiger charge is 2.08. The van der Waals surface area contributed by atoms with Crippen LogP contribution in [0, 0.1) is 5.88 Å². The van der Waals surface area contributed by atoms with E-state index >= 15 is 0 Å². The standard InChI is InChI=1S/C9H12NO2S/c1-10(8-13(2,11)12)9-6-4-3-5-7-9/h3-8H,1-2H3. The number of rotatable bonds is 3. The molecule has 0 heterocycles. The van der Waals surface area contributed by atoms with Gasteiger partial charge in [-0.2, -0.15) is 0 Å². The monoisotopic (exact) mass is 198 g/mol. The molecule has 0 aliphatic heterocycles. The lowest BCUT2D eigenvalue weighted by molar-refractivity contribution is 0.606. The van der Waals surface area contributed by atoms with Crippen molar-refractivity contribution in [2.45, 2.75) is 0 Å². The maximum Gasteiger partial charge on any atom is 0.171 e. The highest BCUT2D eigenvalue weighted by molar-refractivity contribution is 7.92. The Kier molecular flexibility index (Phi) is 2.93. The van der Waals surface area contributed by atoms with Crippen molar-refractivity contribution in [3.05, 3.63) is 36.2 Å². The van der Waals surface area contributed by atoms with Crippen molar-refractivity contribution in [3.63, 3.8) is 0 Å². The first kappa shape index (κ1) is 10.1. The highest BCUT2D eigenvalue weighted by Crippen LogP contribution is 2.13. The molecule has 1 radical (unpaired) electrons. The lowest BCUT2D eigenvalue weighted by Gasteiger charge is -2.16. The zero-order valence-corrected chi connectivity index (χ0v) is 8.45. The number of para-hydroxylation sites is 1. The van der Waals surface area contributed by atoms with Gasteiger partial charge in [-0.15, -0.1) is 0 Å². The molecule has 3 nitrogen and oxygen atoms in total. The van der Waals surface area contributed by atoms with Gasteiger partial charge in [0.05, 0.1) is 0 Å². The number of hydrogen-bond donors (Lipinski definition) is 0. The second-order valence-electron chi connectivity index (χ2n) is 2.88. The minimum Gasteiger partial charge on any atom is -0.356 e. The van der Waals surface area contributed by atoms with E-state index in [9.17, 15) is 8.42 Å². The molecule has 0 N–H and O–H groups in total. The maximum atomic E-state index is 10.9. The molecule has 0 saturated heterocycles. The molecular weight excluding hydrogens is 186 g/mol. The van der Waals surface area contributed by atoms with Crippen molar-refractivity contribution >= 4 is 15.5 Å². The summed E-state index contributed by atoms with van der Waals surface area (Å²) in [6.45, 7) is 0. The summed E-state index contributed by atoms with van der Waals surface area (Å²) in [4.78, 5) is 1.58. The van der Waals surface area contributed by atoms with Gasteiger partial charge in [-0.3, -0.25) is 0 Å². The Bertz CT molecular complexity index is 358. The van der Waals surface area contributed by atoms with E-state index in [1.54, 1.807) is 11.9 Å². The first-order valence-corrected chi connectivity index (χ1v) is 5.77. The summed E-state index contributed by atoms with van der Waals surface area (Å²) in [5, 5.41) is 0. The summed E-state index contributed by atoms with van der Waals surface area (Å²) in [6, 6.07) is 9.31. The quantitative estimate of drug-likeness (QED) is 0.734. The van der Waals surface area contributed by atoms with Crippen LogP contribution in [0.5, 0.6) is 0 Å². The summed E-state index contributed by atoms with van der Waals surface area (Å²) in [6.07, 6.45) is 1.17. The molecule has 0 fully saturated rings. The summed E-state index contributed by atoms with van der Waals surface area (Å²) in [5.74, 6) is 1.20. The second-order valence-corrected chi connectivity index (χ2v) is 4.75. The third-order valence-corrected chi connectivity index (χ3v) is 2.21. The summed E-state index contributed by atoms with van der Waals surface area (Å²) in [5.41, 5.74) is 0.855. The maximum absolute atomic E-state index is 10.9. The second kappa shape index (κ2) is 3.79. The molecule has 0 bridgehead atoms. The SMILES string of the molecule is CN([CH]S(C)(=O)=O)c1ccccc1. The predicted octanol–water partition coefficient (Wildman–Crippen LogP) is 1.29. The van der Waals surface area contributed by atoms with Gasteiger partial charge in [0.25, 0.3) is 0 Å². The molecule has 1 aromatic carbocycles. The lowest BCUT2D eigenvalue weighted by atomic mass is 10.3. The molecule has 4 heteroatoms. The van der Waals surface area contributed by atoms with E-state index in [1.165, 1.54) is 12.1 Å². The number of benzene rings is 1. The first-order chi connectivity index (χ1) is 5.99. The fraction of sp³-hybridized carbons (Fsp3) is 0.222. The van der Waals surface area contributed by atoms with Crippen LogP contribution >= 0.6 is 0 Å². The van der Waals surface area contributed by atoms with E-state index in [-0.39, 0.29) is 0 Å². The molecule has 0 amide bonds. The van der Waals surface area contributed by atoms with Gasteiger partial charge in [0.15, 0.2) is 15.7 Å². The van der Waals surface area contributed by atoms with Crippen molar-refractivity contribution in [2.24, 2.45) is 0 Å². The van der Waals surface area contributed by atoms with Crippen LogP contribution in [-0.4, -0.2) is 21.7 Å². The minimum absolute atomic E-state index is 0.855. The van der Waals surface area contributed by atoms with Gasteiger partial charge < -0.3 is 4.90 Å². The van der Waals surface area contributed by atoms with Gasteiger partial charge in [-0.25, -0.2) is 8.42 Å². The molecule has 0 aromatic heterocycles. The fourth-order valence-corrected chi connectivity index (χ4v) is 1.71. The normalized spacial score (nSPS) is 11.2. The zero-order chi connectivity index (χ0) is 9.90. The van der Waals surface area contributed by atoms with E-state index in [1.807, 2.05) is 30.3 Å². The smallest absolute Gasteiger partial charge is 0.171 e. The van der Waals surface area contributed by atoms with Gasteiger partial charge in [0.1, 0.15) is 0 Å². The number of hydrogen-bond acceptors (Lipinski definition) is 3. The van der Waals surface area contributed by atoms with E-state index in [0.717, 1.165) is 5.69 Å². The van der Waals surface area contributed by atoms with E-state index in [4.69, 9.17) is 0 Å². The molecule has 1 rings (SSSR count). The summed E-state index contributed by atoms with van der Waals surface area (Å²) in [7, 11) is -1.37. The van der Waals surface area contributed by atoms with Crippen molar-refractivity contribution < 1.29 is 8.42 Å². The highest BCUT2D eigenvalue weighted by atomic mass is 32.2. The largest absolute Gasteiger partial charge is 0.356 e. The predicted molar refractivity (Wildman–Crippen MR) is 54.0 cm³/mol. The third kappa shape index (κ3) is 3.46. The zero-order valence-electron chi connectivity index (χ0n) is 7.64. The van der Waals surface area contributed by atoms with Gasteiger partial charge in [-0.05, 0) is 12.1 Å². The van der Waals surface area contributed by atoms with Gasteiger partial charge in [0, 0.05) is 19.0 Å². The molecule has 71 valence electrons. The molecule has 0 aliphatic rings. The molecule has 0 aliphatic carbocycles. The molecule has 0 unspecified atom stereocenters. The molecule has 0 saturated carbocycles. The van der Waals surface area contributed by atoms with Crippen LogP contribution < -0.4 is 4.90 Å². The summed E-state index contributed by atoms with van der Waals surface area (Å²) >= 11 is 0. The van der Waals surface area contributed by atoms with Gasteiger partial charge >= 0.3 is 0 Å². The number of nitrogens with zero attached hydrogens (tertiary/aromatic N) is 1. The third-order valence-electron chi connectivity index (χ3n) is 1.51. The van der Waals surface area contributed by atoms with Gasteiger partial charge in [0.2, 0.25) is 0 Å². The van der Waals surface area contributed by atoms with Crippen molar-refractivity contribution in [1.29, 1.82) is 0 Å². The van der Waals surface area contributed by atoms with Crippen LogP contribution in [0.25, 0.3) is 0 Å². The van der Waals surface area contributed by atoms with Crippen LogP contribution in [0.1, 0.15) is 0 Å². The Labute approximate surface area is 78.9 Å². The van der Waals surface area contributed by atoms with Crippen LogP contribution in [0.15, 0.2) is 30.3 Å². The number of sulfone groups is 1. The molecule has 0 atom stereocenters. The Balaban J connectivity index is 2.76. The Morgan fingerprint density at radius 2 is 1.77 bits per heavy atom. The van der Waals surface area contributed by atoms with Crippen LogP contribution in [-0.2, 0) is 9.84 Å². The first-order valence-electron chi connectivity index (χ1n) is 3.82. The average molecular weight is 198 g/mol. The van der Waals surface area contributed by atoms with Crippen molar-refractivity contribution in [1.82, 2.24) is 0 Å². The van der Waals surface area contributed by atoms with Crippen molar-refractivity contribution in [2.75, 3.05) is 18.2 Å². The van der Waals surface area contributed by atoms with E-state index in [0.29, 0.717) is 0 Å². The fourth-order valence-electron chi connectivity index (χ4n) is 1.01. The van der Waals surface area contributed by atoms with Crippen LogP contribution in [0.2, 0.25) is 0 Å². The Hall–Kier alpha value is -1.03.